The molecule has 1 heterocycles. The van der Waals surface area contributed by atoms with Crippen LogP contribution in [0.4, 0.5) is 0 Å². The Labute approximate surface area is 106 Å². The molecule has 0 saturated carbocycles. The molecule has 0 radical (unpaired) electrons. The van der Waals surface area contributed by atoms with Crippen LogP contribution in [-0.2, 0) is 0 Å². The zero-order valence-electron chi connectivity index (χ0n) is 11.4. The van der Waals surface area contributed by atoms with E-state index >= 15 is 0 Å². The topological polar surface area (TPSA) is 12.4 Å². The molecule has 2 rings (SSSR count). The molecular weight excluding hydrogens is 206 g/mol. The van der Waals surface area contributed by atoms with Crippen LogP contribution < -0.4 is 0 Å². The van der Waals surface area contributed by atoms with E-state index in [1.165, 1.54) is 11.1 Å². The van der Waals surface area contributed by atoms with Gasteiger partial charge in [0.25, 0.3) is 0 Å². The number of hydrogen-bond donors (Lipinski definition) is 0. The van der Waals surface area contributed by atoms with E-state index in [0.29, 0.717) is 0 Å². The van der Waals surface area contributed by atoms with Crippen LogP contribution in [0.2, 0.25) is 0 Å². The summed E-state index contributed by atoms with van der Waals surface area (Å²) in [6, 6.07) is 10.4. The first kappa shape index (κ1) is 15.4. The number of benzene rings is 1. The van der Waals surface area contributed by atoms with Crippen molar-refractivity contribution in [3.8, 4) is 0 Å². The van der Waals surface area contributed by atoms with Crippen molar-refractivity contribution in [2.45, 2.75) is 34.1 Å². The summed E-state index contributed by atoms with van der Waals surface area (Å²) >= 11 is 0. The lowest BCUT2D eigenvalue weighted by molar-refractivity contribution is 1.50. The van der Waals surface area contributed by atoms with Gasteiger partial charge in [0.2, 0.25) is 0 Å². The van der Waals surface area contributed by atoms with E-state index in [1.807, 2.05) is 52.3 Å². The van der Waals surface area contributed by atoms with Gasteiger partial charge in [-0.15, -0.1) is 0 Å². The van der Waals surface area contributed by atoms with Gasteiger partial charge in [-0.2, -0.15) is 0 Å². The molecule has 1 nitrogen and oxygen atoms in total. The van der Waals surface area contributed by atoms with Gasteiger partial charge in [0.1, 0.15) is 0 Å². The van der Waals surface area contributed by atoms with Crippen molar-refractivity contribution in [3.63, 3.8) is 0 Å². The average molecular weight is 229 g/mol. The Hall–Kier alpha value is -1.63. The lowest BCUT2D eigenvalue weighted by atomic mass is 10.1. The first-order chi connectivity index (χ1) is 8.47. The van der Waals surface area contributed by atoms with Gasteiger partial charge >= 0.3 is 0 Å². The van der Waals surface area contributed by atoms with E-state index in [4.69, 9.17) is 0 Å². The quantitative estimate of drug-likeness (QED) is 0.634. The lowest BCUT2D eigenvalue weighted by Gasteiger charge is -1.99. The predicted molar refractivity (Wildman–Crippen MR) is 79.4 cm³/mol. The Morgan fingerprint density at radius 2 is 1.59 bits per heavy atom. The highest BCUT2D eigenvalue weighted by Crippen LogP contribution is 2.16. The van der Waals surface area contributed by atoms with Crippen molar-refractivity contribution in [3.05, 3.63) is 54.2 Å². The summed E-state index contributed by atoms with van der Waals surface area (Å²) in [4.78, 5) is 4.09. The molecule has 0 saturated heterocycles. The second-order valence-corrected chi connectivity index (χ2v) is 2.91. The molecule has 1 aliphatic heterocycles. The summed E-state index contributed by atoms with van der Waals surface area (Å²) in [5, 5.41) is 0. The monoisotopic (exact) mass is 229 g/mol. The minimum absolute atomic E-state index is 0.914. The predicted octanol–water partition coefficient (Wildman–Crippen LogP) is 5.11. The summed E-state index contributed by atoms with van der Waals surface area (Å²) in [6.45, 7) is 8.00. The molecule has 0 unspecified atom stereocenters. The largest absolute Gasteiger partial charge is 0.269 e. The maximum Gasteiger partial charge on any atom is 0.0270 e. The van der Waals surface area contributed by atoms with Gasteiger partial charge in [0.15, 0.2) is 0 Å². The molecule has 0 N–H and O–H groups in total. The molecule has 0 spiro atoms. The molecule has 0 aromatic heterocycles. The van der Waals surface area contributed by atoms with Crippen molar-refractivity contribution in [2.24, 2.45) is 4.99 Å². The number of rotatable bonds is 1. The fraction of sp³-hybridized carbons (Fsp3) is 0.312. The zero-order chi connectivity index (χ0) is 12.9. The van der Waals surface area contributed by atoms with E-state index in [2.05, 4.69) is 35.3 Å². The Balaban J connectivity index is 0.000000581. The Morgan fingerprint density at radius 1 is 0.941 bits per heavy atom. The summed E-state index contributed by atoms with van der Waals surface area (Å²) < 4.78 is 0. The Bertz CT molecular complexity index is 358. The van der Waals surface area contributed by atoms with Gasteiger partial charge in [-0.05, 0) is 17.2 Å². The van der Waals surface area contributed by atoms with E-state index in [0.717, 1.165) is 6.42 Å². The van der Waals surface area contributed by atoms with Gasteiger partial charge in [0.05, 0.1) is 0 Å². The fourth-order valence-corrected chi connectivity index (χ4v) is 1.34. The third-order valence-electron chi connectivity index (χ3n) is 2.00. The van der Waals surface area contributed by atoms with Crippen LogP contribution in [0.1, 0.15) is 39.7 Å². The molecule has 1 aromatic rings. The van der Waals surface area contributed by atoms with Gasteiger partial charge in [-0.1, -0.05) is 64.1 Å². The standard InChI is InChI=1S/C12H11N.2C2H6/c1-2-5-11(6-3-1)12-7-4-9-13-10-8-12;2*1-2/h1-3,5-10H,4H2;2*1-2H3. The third-order valence-corrected chi connectivity index (χ3v) is 2.00. The first-order valence-electron chi connectivity index (χ1n) is 6.40. The van der Waals surface area contributed by atoms with E-state index in [9.17, 15) is 0 Å². The van der Waals surface area contributed by atoms with Gasteiger partial charge in [-0.3, -0.25) is 4.99 Å². The SMILES string of the molecule is C1=CC(c2ccccc2)=CCC=N1.CC.CC. The molecule has 1 heteroatoms. The van der Waals surface area contributed by atoms with Crippen LogP contribution >= 0.6 is 0 Å². The van der Waals surface area contributed by atoms with E-state index < -0.39 is 0 Å². The smallest absolute Gasteiger partial charge is 0.0270 e. The molecule has 0 atom stereocenters. The molecule has 17 heavy (non-hydrogen) atoms. The third kappa shape index (κ3) is 5.86. The first-order valence-corrected chi connectivity index (χ1v) is 6.40. The highest BCUT2D eigenvalue weighted by Gasteiger charge is 1.96. The minimum Gasteiger partial charge on any atom is -0.269 e. The molecule has 1 aliphatic rings. The molecular formula is C16H23N. The van der Waals surface area contributed by atoms with Crippen molar-refractivity contribution in [2.75, 3.05) is 0 Å². The Kier molecular flexibility index (Phi) is 9.83. The van der Waals surface area contributed by atoms with Crippen LogP contribution in [0.3, 0.4) is 0 Å². The van der Waals surface area contributed by atoms with Crippen molar-refractivity contribution < 1.29 is 0 Å². The van der Waals surface area contributed by atoms with Crippen LogP contribution in [0.5, 0.6) is 0 Å². The molecule has 1 aromatic carbocycles. The zero-order valence-corrected chi connectivity index (χ0v) is 11.4. The van der Waals surface area contributed by atoms with Gasteiger partial charge in [-0.25, -0.2) is 0 Å². The Morgan fingerprint density at radius 3 is 2.24 bits per heavy atom. The molecule has 0 aliphatic carbocycles. The minimum atomic E-state index is 0.914. The van der Waals surface area contributed by atoms with Crippen LogP contribution in [0, 0.1) is 0 Å². The maximum absolute atomic E-state index is 4.09. The number of aliphatic imine (C=N–C) groups is 1. The summed E-state index contributed by atoms with van der Waals surface area (Å²) in [7, 11) is 0. The molecule has 0 amide bonds. The van der Waals surface area contributed by atoms with Crippen LogP contribution in [0.15, 0.2) is 53.7 Å². The van der Waals surface area contributed by atoms with Gasteiger partial charge in [0, 0.05) is 18.8 Å². The summed E-state index contributed by atoms with van der Waals surface area (Å²) in [5.41, 5.74) is 2.50. The number of allylic oxidation sites excluding steroid dienone is 3. The molecule has 92 valence electrons. The lowest BCUT2D eigenvalue weighted by Crippen LogP contribution is -1.78. The normalized spacial score (nSPS) is 12.4. The van der Waals surface area contributed by atoms with Crippen molar-refractivity contribution in [1.29, 1.82) is 0 Å². The molecule has 0 bridgehead atoms. The van der Waals surface area contributed by atoms with Crippen molar-refractivity contribution >= 4 is 11.8 Å². The van der Waals surface area contributed by atoms with Crippen LogP contribution in [0.25, 0.3) is 5.57 Å². The second-order valence-electron chi connectivity index (χ2n) is 2.91. The van der Waals surface area contributed by atoms with Gasteiger partial charge < -0.3 is 0 Å². The van der Waals surface area contributed by atoms with Crippen LogP contribution in [-0.4, -0.2) is 6.21 Å². The highest BCUT2D eigenvalue weighted by atomic mass is 14.7. The number of nitrogens with zero attached hydrogens (tertiary/aromatic N) is 1. The second kappa shape index (κ2) is 10.9. The van der Waals surface area contributed by atoms with E-state index in [1.54, 1.807) is 0 Å². The van der Waals surface area contributed by atoms with Crippen molar-refractivity contribution in [1.82, 2.24) is 0 Å². The highest BCUT2D eigenvalue weighted by molar-refractivity contribution is 5.78. The summed E-state index contributed by atoms with van der Waals surface area (Å²) in [5.74, 6) is 0. The average Bonchev–Trinajstić information content (AvgIpc) is 2.73. The maximum atomic E-state index is 4.09. The molecule has 0 fully saturated rings. The fourth-order valence-electron chi connectivity index (χ4n) is 1.34. The number of hydrogen-bond acceptors (Lipinski definition) is 1. The van der Waals surface area contributed by atoms with E-state index in [-0.39, 0.29) is 0 Å². The summed E-state index contributed by atoms with van der Waals surface area (Å²) in [6.07, 6.45) is 8.89.